The largest absolute Gasteiger partial charge is 0.270 e. The zero-order valence-corrected chi connectivity index (χ0v) is 12.1. The molecule has 0 aliphatic heterocycles. The summed E-state index contributed by atoms with van der Waals surface area (Å²) < 4.78 is 29.1. The summed E-state index contributed by atoms with van der Waals surface area (Å²) in [6.07, 6.45) is 3.54. The second-order valence-corrected chi connectivity index (χ2v) is 5.38. The van der Waals surface area contributed by atoms with Crippen LogP contribution in [0, 0.1) is 18.6 Å². The molecule has 3 nitrogen and oxygen atoms in total. The van der Waals surface area contributed by atoms with Crippen molar-refractivity contribution in [2.75, 3.05) is 0 Å². The molecule has 0 fully saturated rings. The molecule has 0 aliphatic carbocycles. The molecule has 5 heteroatoms. The Morgan fingerprint density at radius 2 is 1.95 bits per heavy atom. The van der Waals surface area contributed by atoms with E-state index < -0.39 is 11.6 Å². The second kappa shape index (κ2) is 4.91. The molecular weight excluding hydrogens is 272 g/mol. The SMILES string of the molecule is Cc1cc(-c2cnn(C(C)C)c2)nc2c(F)c(F)ccc12. The van der Waals surface area contributed by atoms with Crippen molar-refractivity contribution in [2.24, 2.45) is 0 Å². The van der Waals surface area contributed by atoms with E-state index in [1.165, 1.54) is 0 Å². The highest BCUT2D eigenvalue weighted by atomic mass is 19.2. The first-order valence-corrected chi connectivity index (χ1v) is 6.77. The number of aryl methyl sites for hydroxylation is 1. The number of halogens is 2. The van der Waals surface area contributed by atoms with Crippen LogP contribution in [0.4, 0.5) is 8.78 Å². The molecule has 0 atom stereocenters. The average Bonchev–Trinajstić information content (AvgIpc) is 2.93. The average molecular weight is 287 g/mol. The zero-order valence-electron chi connectivity index (χ0n) is 12.1. The normalized spacial score (nSPS) is 11.5. The van der Waals surface area contributed by atoms with Gasteiger partial charge in [-0.15, -0.1) is 0 Å². The Bertz CT molecular complexity index is 822. The van der Waals surface area contributed by atoms with E-state index in [0.29, 0.717) is 11.1 Å². The van der Waals surface area contributed by atoms with Gasteiger partial charge in [-0.3, -0.25) is 4.68 Å². The Morgan fingerprint density at radius 1 is 1.19 bits per heavy atom. The van der Waals surface area contributed by atoms with Crippen LogP contribution in [-0.4, -0.2) is 14.8 Å². The zero-order chi connectivity index (χ0) is 15.1. The van der Waals surface area contributed by atoms with Gasteiger partial charge >= 0.3 is 0 Å². The second-order valence-electron chi connectivity index (χ2n) is 5.38. The predicted octanol–water partition coefficient (Wildman–Crippen LogP) is 4.27. The van der Waals surface area contributed by atoms with Crippen LogP contribution in [0.1, 0.15) is 25.5 Å². The standard InChI is InChI=1S/C16H15F2N3/c1-9(2)21-8-11(7-19-21)14-6-10(3)12-4-5-13(17)15(18)16(12)20-14/h4-9H,1-3H3. The van der Waals surface area contributed by atoms with Gasteiger partial charge in [-0.05, 0) is 44.5 Å². The fourth-order valence-electron chi connectivity index (χ4n) is 2.30. The number of hydrogen-bond acceptors (Lipinski definition) is 2. The lowest BCUT2D eigenvalue weighted by Crippen LogP contribution is -1.99. The van der Waals surface area contributed by atoms with E-state index in [4.69, 9.17) is 0 Å². The Hall–Kier alpha value is -2.30. The summed E-state index contributed by atoms with van der Waals surface area (Å²) in [7, 11) is 0. The summed E-state index contributed by atoms with van der Waals surface area (Å²) >= 11 is 0. The molecule has 0 amide bonds. The quantitative estimate of drug-likeness (QED) is 0.705. The van der Waals surface area contributed by atoms with E-state index in [2.05, 4.69) is 10.1 Å². The Balaban J connectivity index is 2.21. The van der Waals surface area contributed by atoms with Crippen molar-refractivity contribution in [3.05, 3.63) is 47.8 Å². The number of nitrogens with zero attached hydrogens (tertiary/aromatic N) is 3. The van der Waals surface area contributed by atoms with Gasteiger partial charge in [0, 0.05) is 23.2 Å². The lowest BCUT2D eigenvalue weighted by Gasteiger charge is -2.07. The first-order chi connectivity index (χ1) is 9.97. The van der Waals surface area contributed by atoms with Gasteiger partial charge in [0.1, 0.15) is 5.52 Å². The first kappa shape index (κ1) is 13.7. The summed E-state index contributed by atoms with van der Waals surface area (Å²) in [6, 6.07) is 4.77. The molecule has 0 unspecified atom stereocenters. The lowest BCUT2D eigenvalue weighted by molar-refractivity contribution is 0.515. The van der Waals surface area contributed by atoms with E-state index in [-0.39, 0.29) is 11.6 Å². The number of fused-ring (bicyclic) bond motifs is 1. The molecule has 1 aromatic carbocycles. The third-order valence-electron chi connectivity index (χ3n) is 3.51. The Morgan fingerprint density at radius 3 is 2.62 bits per heavy atom. The minimum absolute atomic E-state index is 0.0577. The van der Waals surface area contributed by atoms with Crippen molar-refractivity contribution in [2.45, 2.75) is 26.8 Å². The van der Waals surface area contributed by atoms with Gasteiger partial charge in [0.2, 0.25) is 0 Å². The molecule has 21 heavy (non-hydrogen) atoms. The van der Waals surface area contributed by atoms with E-state index in [9.17, 15) is 8.78 Å². The van der Waals surface area contributed by atoms with E-state index in [0.717, 1.165) is 17.2 Å². The van der Waals surface area contributed by atoms with Gasteiger partial charge in [-0.1, -0.05) is 0 Å². The van der Waals surface area contributed by atoms with Crippen LogP contribution in [0.2, 0.25) is 0 Å². The molecule has 0 bridgehead atoms. The maximum absolute atomic E-state index is 13.9. The molecule has 0 aliphatic rings. The van der Waals surface area contributed by atoms with Gasteiger partial charge in [0.05, 0.1) is 11.9 Å². The molecule has 2 heterocycles. The maximum Gasteiger partial charge on any atom is 0.185 e. The number of rotatable bonds is 2. The van der Waals surface area contributed by atoms with E-state index in [1.54, 1.807) is 16.9 Å². The summed E-state index contributed by atoms with van der Waals surface area (Å²) in [5, 5.41) is 4.87. The van der Waals surface area contributed by atoms with Crippen LogP contribution < -0.4 is 0 Å². The lowest BCUT2D eigenvalue weighted by atomic mass is 10.1. The monoisotopic (exact) mass is 287 g/mol. The fourth-order valence-corrected chi connectivity index (χ4v) is 2.30. The van der Waals surface area contributed by atoms with Gasteiger partial charge < -0.3 is 0 Å². The number of pyridine rings is 1. The third kappa shape index (κ3) is 2.28. The van der Waals surface area contributed by atoms with Crippen molar-refractivity contribution in [1.29, 1.82) is 0 Å². The van der Waals surface area contributed by atoms with Crippen LogP contribution in [0.3, 0.4) is 0 Å². The molecule has 2 aromatic heterocycles. The highest BCUT2D eigenvalue weighted by Crippen LogP contribution is 2.27. The molecule has 0 N–H and O–H groups in total. The minimum Gasteiger partial charge on any atom is -0.270 e. The molecule has 108 valence electrons. The predicted molar refractivity (Wildman–Crippen MR) is 78.0 cm³/mol. The molecule has 0 spiro atoms. The minimum atomic E-state index is -0.909. The Labute approximate surface area is 121 Å². The van der Waals surface area contributed by atoms with Gasteiger partial charge in [0.15, 0.2) is 11.6 Å². The van der Waals surface area contributed by atoms with Crippen molar-refractivity contribution in [3.8, 4) is 11.3 Å². The topological polar surface area (TPSA) is 30.7 Å². The van der Waals surface area contributed by atoms with Gasteiger partial charge in [-0.25, -0.2) is 13.8 Å². The first-order valence-electron chi connectivity index (χ1n) is 6.77. The fraction of sp³-hybridized carbons (Fsp3) is 0.250. The van der Waals surface area contributed by atoms with Crippen LogP contribution in [0.15, 0.2) is 30.6 Å². The van der Waals surface area contributed by atoms with E-state index >= 15 is 0 Å². The number of hydrogen-bond donors (Lipinski definition) is 0. The van der Waals surface area contributed by atoms with Gasteiger partial charge in [-0.2, -0.15) is 5.10 Å². The molecule has 3 rings (SSSR count). The van der Waals surface area contributed by atoms with Crippen molar-refractivity contribution >= 4 is 10.9 Å². The highest BCUT2D eigenvalue weighted by molar-refractivity contribution is 5.85. The van der Waals surface area contributed by atoms with Crippen molar-refractivity contribution in [3.63, 3.8) is 0 Å². The van der Waals surface area contributed by atoms with Crippen LogP contribution in [-0.2, 0) is 0 Å². The molecular formula is C16H15F2N3. The summed E-state index contributed by atoms with van der Waals surface area (Å²) in [5.41, 5.74) is 2.29. The number of benzene rings is 1. The number of aromatic nitrogens is 3. The highest BCUT2D eigenvalue weighted by Gasteiger charge is 2.13. The van der Waals surface area contributed by atoms with Crippen molar-refractivity contribution in [1.82, 2.24) is 14.8 Å². The Kier molecular flexibility index (Phi) is 3.20. The summed E-state index contributed by atoms with van der Waals surface area (Å²) in [5.74, 6) is -1.79. The molecule has 0 radical (unpaired) electrons. The van der Waals surface area contributed by atoms with Gasteiger partial charge in [0.25, 0.3) is 0 Å². The van der Waals surface area contributed by atoms with Crippen LogP contribution >= 0.6 is 0 Å². The summed E-state index contributed by atoms with van der Waals surface area (Å²) in [4.78, 5) is 4.27. The summed E-state index contributed by atoms with van der Waals surface area (Å²) in [6.45, 7) is 5.90. The molecule has 0 saturated heterocycles. The smallest absolute Gasteiger partial charge is 0.185 e. The van der Waals surface area contributed by atoms with Crippen molar-refractivity contribution < 1.29 is 8.78 Å². The van der Waals surface area contributed by atoms with Crippen LogP contribution in [0.5, 0.6) is 0 Å². The molecule has 0 saturated carbocycles. The maximum atomic E-state index is 13.9. The third-order valence-corrected chi connectivity index (χ3v) is 3.51. The van der Waals surface area contributed by atoms with E-state index in [1.807, 2.05) is 33.0 Å². The van der Waals surface area contributed by atoms with Crippen LogP contribution in [0.25, 0.3) is 22.2 Å². The molecule has 3 aromatic rings.